The van der Waals surface area contributed by atoms with Gasteiger partial charge in [-0.05, 0) is 24.3 Å². The van der Waals surface area contributed by atoms with Gasteiger partial charge in [-0.3, -0.25) is 21.0 Å². The SMILES string of the molecule is O=C(NNc1ccc([N+](=O)[O-])cn1)Nc1cccc(Cl)c1. The van der Waals surface area contributed by atoms with Crippen molar-refractivity contribution in [3.63, 3.8) is 0 Å². The molecule has 0 aliphatic rings. The Hall–Kier alpha value is -2.87. The highest BCUT2D eigenvalue weighted by Crippen LogP contribution is 2.14. The van der Waals surface area contributed by atoms with Crippen molar-refractivity contribution in [3.05, 3.63) is 57.7 Å². The van der Waals surface area contributed by atoms with E-state index in [0.29, 0.717) is 10.7 Å². The van der Waals surface area contributed by atoms with Gasteiger partial charge in [-0.15, -0.1) is 0 Å². The Labute approximate surface area is 124 Å². The smallest absolute Gasteiger partial charge is 0.307 e. The molecule has 0 bridgehead atoms. The van der Waals surface area contributed by atoms with E-state index in [1.807, 2.05) is 0 Å². The van der Waals surface area contributed by atoms with Gasteiger partial charge in [0.2, 0.25) is 0 Å². The maximum atomic E-state index is 11.6. The van der Waals surface area contributed by atoms with Gasteiger partial charge in [0, 0.05) is 16.8 Å². The summed E-state index contributed by atoms with van der Waals surface area (Å²) < 4.78 is 0. The summed E-state index contributed by atoms with van der Waals surface area (Å²) in [6, 6.07) is 8.76. The number of halogens is 1. The normalized spacial score (nSPS) is 9.76. The number of carbonyl (C=O) groups excluding carboxylic acids is 1. The number of amides is 2. The molecule has 0 unspecified atom stereocenters. The summed E-state index contributed by atoms with van der Waals surface area (Å²) in [5, 5.41) is 13.5. The molecule has 0 fully saturated rings. The van der Waals surface area contributed by atoms with Crippen LogP contribution < -0.4 is 16.2 Å². The van der Waals surface area contributed by atoms with Crippen LogP contribution in [0.2, 0.25) is 5.02 Å². The molecule has 0 spiro atoms. The van der Waals surface area contributed by atoms with Crippen LogP contribution in [0.25, 0.3) is 0 Å². The van der Waals surface area contributed by atoms with Crippen molar-refractivity contribution in [1.29, 1.82) is 0 Å². The van der Waals surface area contributed by atoms with Crippen molar-refractivity contribution in [3.8, 4) is 0 Å². The number of benzene rings is 1. The summed E-state index contributed by atoms with van der Waals surface area (Å²) in [5.41, 5.74) is 5.25. The Kier molecular flexibility index (Phi) is 4.52. The van der Waals surface area contributed by atoms with Crippen LogP contribution in [0.4, 0.5) is 22.0 Å². The number of nitro groups is 1. The van der Waals surface area contributed by atoms with Crippen molar-refractivity contribution >= 4 is 34.8 Å². The molecule has 0 atom stereocenters. The molecule has 1 aromatic heterocycles. The number of rotatable bonds is 4. The Balaban J connectivity index is 1.87. The third-order valence-electron chi connectivity index (χ3n) is 2.35. The molecule has 2 rings (SSSR count). The number of urea groups is 1. The lowest BCUT2D eigenvalue weighted by Gasteiger charge is -2.09. The van der Waals surface area contributed by atoms with Gasteiger partial charge < -0.3 is 5.32 Å². The van der Waals surface area contributed by atoms with E-state index in [-0.39, 0.29) is 11.5 Å². The van der Waals surface area contributed by atoms with Crippen LogP contribution in [0.5, 0.6) is 0 Å². The fourth-order valence-electron chi connectivity index (χ4n) is 1.42. The lowest BCUT2D eigenvalue weighted by molar-refractivity contribution is -0.385. The van der Waals surface area contributed by atoms with Crippen LogP contribution in [0, 0.1) is 10.1 Å². The van der Waals surface area contributed by atoms with Crippen LogP contribution in [-0.4, -0.2) is 15.9 Å². The van der Waals surface area contributed by atoms with Gasteiger partial charge in [0.15, 0.2) is 0 Å². The van der Waals surface area contributed by atoms with Crippen molar-refractivity contribution in [2.24, 2.45) is 0 Å². The van der Waals surface area contributed by atoms with Crippen molar-refractivity contribution < 1.29 is 9.72 Å². The first kappa shape index (κ1) is 14.5. The van der Waals surface area contributed by atoms with Gasteiger partial charge in [-0.25, -0.2) is 9.78 Å². The molecule has 1 aromatic carbocycles. The van der Waals surface area contributed by atoms with Crippen LogP contribution in [-0.2, 0) is 0 Å². The second kappa shape index (κ2) is 6.53. The van der Waals surface area contributed by atoms with E-state index < -0.39 is 11.0 Å². The minimum Gasteiger partial charge on any atom is -0.307 e. The third-order valence-corrected chi connectivity index (χ3v) is 2.58. The molecular weight excluding hydrogens is 298 g/mol. The predicted octanol–water partition coefficient (Wildman–Crippen LogP) is 2.79. The molecule has 2 amide bonds. The van der Waals surface area contributed by atoms with E-state index in [2.05, 4.69) is 21.2 Å². The molecule has 8 nitrogen and oxygen atoms in total. The molecule has 0 radical (unpaired) electrons. The molecule has 0 saturated carbocycles. The maximum Gasteiger partial charge on any atom is 0.337 e. The molecule has 0 aliphatic heterocycles. The lowest BCUT2D eigenvalue weighted by Crippen LogP contribution is -2.33. The van der Waals surface area contributed by atoms with Crippen LogP contribution in [0.3, 0.4) is 0 Å². The first-order valence-electron chi connectivity index (χ1n) is 5.73. The van der Waals surface area contributed by atoms with Gasteiger partial charge in [-0.1, -0.05) is 17.7 Å². The molecular formula is C12H10ClN5O3. The van der Waals surface area contributed by atoms with Crippen molar-refractivity contribution in [2.75, 3.05) is 10.7 Å². The summed E-state index contributed by atoms with van der Waals surface area (Å²) in [6.07, 6.45) is 1.08. The highest BCUT2D eigenvalue weighted by atomic mass is 35.5. The average molecular weight is 308 g/mol. The number of hydrogen-bond donors (Lipinski definition) is 3. The number of hydrogen-bond acceptors (Lipinski definition) is 5. The number of nitrogens with zero attached hydrogens (tertiary/aromatic N) is 2. The Bertz CT molecular complexity index is 662. The monoisotopic (exact) mass is 307 g/mol. The predicted molar refractivity (Wildman–Crippen MR) is 78.1 cm³/mol. The lowest BCUT2D eigenvalue weighted by atomic mass is 10.3. The number of anilines is 2. The molecule has 1 heterocycles. The quantitative estimate of drug-likeness (QED) is 0.594. The fraction of sp³-hybridized carbons (Fsp3) is 0. The average Bonchev–Trinajstić information content (AvgIpc) is 2.45. The first-order chi connectivity index (χ1) is 10.0. The van der Waals surface area contributed by atoms with Gasteiger partial charge in [0.1, 0.15) is 12.0 Å². The third kappa shape index (κ3) is 4.32. The number of carbonyl (C=O) groups is 1. The molecule has 108 valence electrons. The highest BCUT2D eigenvalue weighted by molar-refractivity contribution is 6.30. The number of aromatic nitrogens is 1. The van der Waals surface area contributed by atoms with E-state index in [4.69, 9.17) is 11.6 Å². The molecule has 9 heteroatoms. The summed E-state index contributed by atoms with van der Waals surface area (Å²) in [4.78, 5) is 25.3. The Morgan fingerprint density at radius 2 is 2.10 bits per heavy atom. The molecule has 0 saturated heterocycles. The van der Waals surface area contributed by atoms with E-state index in [9.17, 15) is 14.9 Å². The summed E-state index contributed by atoms with van der Waals surface area (Å²) in [6.45, 7) is 0. The van der Waals surface area contributed by atoms with Crippen LogP contribution >= 0.6 is 11.6 Å². The summed E-state index contributed by atoms with van der Waals surface area (Å²) >= 11 is 5.79. The van der Waals surface area contributed by atoms with E-state index >= 15 is 0 Å². The minimum atomic E-state index is -0.559. The maximum absolute atomic E-state index is 11.6. The molecule has 0 aliphatic carbocycles. The largest absolute Gasteiger partial charge is 0.337 e. The van der Waals surface area contributed by atoms with E-state index in [0.717, 1.165) is 6.20 Å². The second-order valence-corrected chi connectivity index (χ2v) is 4.31. The topological polar surface area (TPSA) is 109 Å². The van der Waals surface area contributed by atoms with Crippen molar-refractivity contribution in [2.45, 2.75) is 0 Å². The number of nitrogens with one attached hydrogen (secondary N) is 3. The summed E-state index contributed by atoms with van der Waals surface area (Å²) in [5.74, 6) is 0.266. The second-order valence-electron chi connectivity index (χ2n) is 3.87. The minimum absolute atomic E-state index is 0.135. The van der Waals surface area contributed by atoms with Crippen LogP contribution in [0.15, 0.2) is 42.6 Å². The molecule has 21 heavy (non-hydrogen) atoms. The zero-order valence-electron chi connectivity index (χ0n) is 10.5. The Morgan fingerprint density at radius 1 is 1.29 bits per heavy atom. The zero-order valence-corrected chi connectivity index (χ0v) is 11.3. The molecule has 3 N–H and O–H groups in total. The first-order valence-corrected chi connectivity index (χ1v) is 6.11. The van der Waals surface area contributed by atoms with Gasteiger partial charge >= 0.3 is 6.03 Å². The molecule has 2 aromatic rings. The van der Waals surface area contributed by atoms with Gasteiger partial charge in [-0.2, -0.15) is 0 Å². The highest BCUT2D eigenvalue weighted by Gasteiger charge is 2.06. The fourth-order valence-corrected chi connectivity index (χ4v) is 1.61. The van der Waals surface area contributed by atoms with Gasteiger partial charge in [0.25, 0.3) is 5.69 Å². The van der Waals surface area contributed by atoms with E-state index in [1.165, 1.54) is 12.1 Å². The summed E-state index contributed by atoms with van der Waals surface area (Å²) in [7, 11) is 0. The van der Waals surface area contributed by atoms with Crippen LogP contribution in [0.1, 0.15) is 0 Å². The number of hydrazine groups is 1. The number of pyridine rings is 1. The Morgan fingerprint density at radius 3 is 2.71 bits per heavy atom. The standard InChI is InChI=1S/C12H10ClN5O3/c13-8-2-1-3-9(6-8)15-12(19)17-16-11-5-4-10(7-14-11)18(20)21/h1-7H,(H,14,16)(H2,15,17,19). The van der Waals surface area contributed by atoms with Crippen molar-refractivity contribution in [1.82, 2.24) is 10.4 Å². The van der Waals surface area contributed by atoms with Gasteiger partial charge in [0.05, 0.1) is 4.92 Å². The van der Waals surface area contributed by atoms with E-state index in [1.54, 1.807) is 24.3 Å². The zero-order chi connectivity index (χ0) is 15.2.